The predicted octanol–water partition coefficient (Wildman–Crippen LogP) is 2.69. The van der Waals surface area contributed by atoms with Gasteiger partial charge in [0.2, 0.25) is 0 Å². The molecule has 0 aliphatic carbocycles. The molecule has 0 amide bonds. The lowest BCUT2D eigenvalue weighted by Gasteiger charge is -2.18. The molecule has 0 saturated heterocycles. The van der Waals surface area contributed by atoms with Crippen LogP contribution in [0, 0.1) is 5.82 Å². The highest BCUT2D eigenvalue weighted by molar-refractivity contribution is 6.30. The molecule has 1 rings (SSSR count). The molecule has 0 saturated carbocycles. The molecule has 0 radical (unpaired) electrons. The number of ether oxygens (including phenoxy) is 1. The Morgan fingerprint density at radius 1 is 1.47 bits per heavy atom. The maximum Gasteiger partial charge on any atom is 0.322 e. The number of methoxy groups -OCH3 is 1. The quantitative estimate of drug-likeness (QED) is 0.845. The Labute approximate surface area is 105 Å². The number of rotatable bonds is 4. The van der Waals surface area contributed by atoms with E-state index in [0.717, 1.165) is 5.56 Å². The van der Waals surface area contributed by atoms with E-state index in [-0.39, 0.29) is 17.0 Å². The number of esters is 1. The molecule has 17 heavy (non-hydrogen) atoms. The van der Waals surface area contributed by atoms with Crippen LogP contribution in [0.25, 0.3) is 0 Å². The van der Waals surface area contributed by atoms with E-state index in [1.165, 1.54) is 19.2 Å². The van der Waals surface area contributed by atoms with Crippen LogP contribution in [0.1, 0.15) is 25.5 Å². The zero-order valence-electron chi connectivity index (χ0n) is 9.96. The zero-order valence-corrected chi connectivity index (χ0v) is 10.7. The fourth-order valence-corrected chi connectivity index (χ4v) is 1.62. The van der Waals surface area contributed by atoms with E-state index in [4.69, 9.17) is 11.6 Å². The second-order valence-electron chi connectivity index (χ2n) is 3.81. The highest BCUT2D eigenvalue weighted by Crippen LogP contribution is 2.20. The van der Waals surface area contributed by atoms with Crippen molar-refractivity contribution in [2.75, 3.05) is 7.11 Å². The minimum Gasteiger partial charge on any atom is -0.468 e. The summed E-state index contributed by atoms with van der Waals surface area (Å²) in [5.41, 5.74) is 0.725. The van der Waals surface area contributed by atoms with Crippen molar-refractivity contribution in [3.63, 3.8) is 0 Å². The largest absolute Gasteiger partial charge is 0.468 e. The van der Waals surface area contributed by atoms with E-state index in [0.29, 0.717) is 0 Å². The molecule has 0 aliphatic rings. The van der Waals surface area contributed by atoms with Gasteiger partial charge in [-0.3, -0.25) is 10.1 Å². The molecule has 0 aliphatic heterocycles. The van der Waals surface area contributed by atoms with Gasteiger partial charge in [-0.1, -0.05) is 17.7 Å². The normalized spacial score (nSPS) is 14.2. The van der Waals surface area contributed by atoms with Gasteiger partial charge >= 0.3 is 5.97 Å². The lowest BCUT2D eigenvalue weighted by atomic mass is 10.1. The molecule has 3 nitrogen and oxygen atoms in total. The summed E-state index contributed by atoms with van der Waals surface area (Å²) in [6.45, 7) is 3.52. The van der Waals surface area contributed by atoms with Crippen molar-refractivity contribution in [1.82, 2.24) is 5.32 Å². The summed E-state index contributed by atoms with van der Waals surface area (Å²) in [7, 11) is 1.33. The van der Waals surface area contributed by atoms with Crippen molar-refractivity contribution in [3.05, 3.63) is 34.6 Å². The first-order valence-electron chi connectivity index (χ1n) is 5.24. The summed E-state index contributed by atoms with van der Waals surface area (Å²) in [6.07, 6.45) is 0. The topological polar surface area (TPSA) is 38.3 Å². The minimum atomic E-state index is -0.469. The van der Waals surface area contributed by atoms with Crippen LogP contribution in [0.15, 0.2) is 18.2 Å². The zero-order chi connectivity index (χ0) is 13.0. The van der Waals surface area contributed by atoms with Crippen LogP contribution >= 0.6 is 11.6 Å². The number of benzene rings is 1. The maximum atomic E-state index is 13.3. The van der Waals surface area contributed by atoms with Crippen LogP contribution in [-0.2, 0) is 9.53 Å². The Balaban J connectivity index is 2.72. The molecule has 5 heteroatoms. The summed E-state index contributed by atoms with van der Waals surface area (Å²) in [4.78, 5) is 11.2. The van der Waals surface area contributed by atoms with Crippen molar-refractivity contribution in [1.29, 1.82) is 0 Å². The lowest BCUT2D eigenvalue weighted by molar-refractivity contribution is -0.142. The Morgan fingerprint density at radius 3 is 2.65 bits per heavy atom. The fourth-order valence-electron chi connectivity index (χ4n) is 1.50. The Kier molecular flexibility index (Phi) is 4.90. The van der Waals surface area contributed by atoms with Gasteiger partial charge in [0.25, 0.3) is 0 Å². The molecule has 1 aromatic rings. The monoisotopic (exact) mass is 259 g/mol. The van der Waals surface area contributed by atoms with Gasteiger partial charge in [-0.25, -0.2) is 4.39 Å². The summed E-state index contributed by atoms with van der Waals surface area (Å²) in [5.74, 6) is -0.824. The molecule has 2 atom stereocenters. The number of hydrogen-bond donors (Lipinski definition) is 1. The third kappa shape index (κ3) is 3.68. The van der Waals surface area contributed by atoms with Crippen molar-refractivity contribution in [3.8, 4) is 0 Å². The number of halogens is 2. The van der Waals surface area contributed by atoms with Gasteiger partial charge in [0.05, 0.1) is 12.1 Å². The summed E-state index contributed by atoms with van der Waals surface area (Å²) in [5, 5.41) is 3.09. The van der Waals surface area contributed by atoms with E-state index in [1.807, 2.05) is 6.92 Å². The van der Waals surface area contributed by atoms with Crippen LogP contribution in [-0.4, -0.2) is 19.1 Å². The summed E-state index contributed by atoms with van der Waals surface area (Å²) >= 11 is 5.59. The number of hydrogen-bond acceptors (Lipinski definition) is 3. The molecule has 0 heterocycles. The smallest absolute Gasteiger partial charge is 0.322 e. The van der Waals surface area contributed by atoms with Crippen LogP contribution in [0.2, 0.25) is 5.02 Å². The van der Waals surface area contributed by atoms with Crippen molar-refractivity contribution in [2.24, 2.45) is 0 Å². The third-order valence-electron chi connectivity index (χ3n) is 2.50. The second kappa shape index (κ2) is 5.98. The first-order chi connectivity index (χ1) is 7.95. The molecular formula is C12H15ClFNO2. The van der Waals surface area contributed by atoms with E-state index in [9.17, 15) is 9.18 Å². The van der Waals surface area contributed by atoms with Crippen LogP contribution in [0.5, 0.6) is 0 Å². The van der Waals surface area contributed by atoms with E-state index in [1.54, 1.807) is 13.0 Å². The molecule has 1 aromatic carbocycles. The van der Waals surface area contributed by atoms with E-state index >= 15 is 0 Å². The number of carbonyl (C=O) groups excluding carboxylic acids is 1. The van der Waals surface area contributed by atoms with Gasteiger partial charge in [0, 0.05) is 6.04 Å². The third-order valence-corrected chi connectivity index (χ3v) is 2.80. The number of nitrogens with one attached hydrogen (secondary N) is 1. The number of carbonyl (C=O) groups is 1. The predicted molar refractivity (Wildman–Crippen MR) is 64.4 cm³/mol. The van der Waals surface area contributed by atoms with Gasteiger partial charge in [-0.05, 0) is 31.5 Å². The van der Waals surface area contributed by atoms with Crippen LogP contribution in [0.3, 0.4) is 0 Å². The van der Waals surface area contributed by atoms with E-state index < -0.39 is 11.9 Å². The molecule has 0 spiro atoms. The fraction of sp³-hybridized carbons (Fsp3) is 0.417. The Morgan fingerprint density at radius 2 is 2.12 bits per heavy atom. The van der Waals surface area contributed by atoms with Gasteiger partial charge in [-0.15, -0.1) is 0 Å². The molecule has 94 valence electrons. The van der Waals surface area contributed by atoms with Crippen molar-refractivity contribution >= 4 is 17.6 Å². The first kappa shape index (κ1) is 13.9. The standard InChI is InChI=1S/C12H15ClFNO2/c1-7(15-8(2)12(16)17-3)9-4-5-10(13)11(14)6-9/h4-8,15H,1-3H3/t7?,8-/m0/s1. The van der Waals surface area contributed by atoms with Gasteiger partial charge < -0.3 is 4.74 Å². The minimum absolute atomic E-state index is 0.0852. The average molecular weight is 260 g/mol. The van der Waals surface area contributed by atoms with Crippen LogP contribution < -0.4 is 5.32 Å². The van der Waals surface area contributed by atoms with Gasteiger partial charge in [-0.2, -0.15) is 0 Å². The first-order valence-corrected chi connectivity index (χ1v) is 5.62. The Bertz CT molecular complexity index is 411. The van der Waals surface area contributed by atoms with Crippen molar-refractivity contribution < 1.29 is 13.9 Å². The SMILES string of the molecule is COC(=O)[C@H](C)NC(C)c1ccc(Cl)c(F)c1. The summed E-state index contributed by atoms with van der Waals surface area (Å²) in [6, 6.07) is 3.94. The molecular weight excluding hydrogens is 245 g/mol. The lowest BCUT2D eigenvalue weighted by Crippen LogP contribution is -2.36. The van der Waals surface area contributed by atoms with Gasteiger partial charge in [0.1, 0.15) is 11.9 Å². The van der Waals surface area contributed by atoms with Crippen molar-refractivity contribution in [2.45, 2.75) is 25.9 Å². The van der Waals surface area contributed by atoms with Gasteiger partial charge in [0.15, 0.2) is 0 Å². The molecule has 1 unspecified atom stereocenters. The summed E-state index contributed by atoms with van der Waals surface area (Å²) < 4.78 is 17.8. The second-order valence-corrected chi connectivity index (χ2v) is 4.21. The molecule has 0 bridgehead atoms. The average Bonchev–Trinajstić information content (AvgIpc) is 2.31. The maximum absolute atomic E-state index is 13.3. The highest BCUT2D eigenvalue weighted by atomic mass is 35.5. The molecule has 1 N–H and O–H groups in total. The van der Waals surface area contributed by atoms with Crippen LogP contribution in [0.4, 0.5) is 4.39 Å². The molecule has 0 fully saturated rings. The van der Waals surface area contributed by atoms with E-state index in [2.05, 4.69) is 10.1 Å². The molecule has 0 aromatic heterocycles. The Hall–Kier alpha value is -1.13. The highest BCUT2D eigenvalue weighted by Gasteiger charge is 2.17.